The van der Waals surface area contributed by atoms with Crippen molar-refractivity contribution in [3.8, 4) is 11.3 Å². The van der Waals surface area contributed by atoms with Crippen LogP contribution in [0.25, 0.3) is 11.3 Å². The van der Waals surface area contributed by atoms with Crippen LogP contribution in [0.4, 0.5) is 13.2 Å². The van der Waals surface area contributed by atoms with E-state index >= 15 is 0 Å². The molecule has 12 heteroatoms. The Balaban J connectivity index is 1.64. The highest BCUT2D eigenvalue weighted by Gasteiger charge is 2.46. The number of ether oxygens (including phenoxy) is 1. The zero-order chi connectivity index (χ0) is 22.1. The van der Waals surface area contributed by atoms with Crippen molar-refractivity contribution in [2.24, 2.45) is 0 Å². The van der Waals surface area contributed by atoms with Crippen molar-refractivity contribution in [3.63, 3.8) is 0 Å². The number of benzene rings is 1. The number of thioether (sulfide) groups is 1. The van der Waals surface area contributed by atoms with E-state index in [2.05, 4.69) is 15.3 Å². The first-order valence-electron chi connectivity index (χ1n) is 9.16. The summed E-state index contributed by atoms with van der Waals surface area (Å²) in [6.45, 7) is -0.528. The molecule has 0 radical (unpaired) electrons. The Morgan fingerprint density at radius 1 is 1.10 bits per heavy atom. The van der Waals surface area contributed by atoms with E-state index in [-0.39, 0.29) is 11.3 Å². The number of hydrogen-bond donors (Lipinski definition) is 3. The van der Waals surface area contributed by atoms with Crippen molar-refractivity contribution in [2.75, 3.05) is 6.61 Å². The van der Waals surface area contributed by atoms with E-state index in [1.54, 1.807) is 24.4 Å². The van der Waals surface area contributed by atoms with Crippen LogP contribution in [-0.2, 0) is 4.74 Å². The first-order chi connectivity index (χ1) is 14.9. The van der Waals surface area contributed by atoms with Crippen molar-refractivity contribution in [2.45, 2.75) is 34.8 Å². The third-order valence-corrected chi connectivity index (χ3v) is 5.92. The Labute approximate surface area is 178 Å². The van der Waals surface area contributed by atoms with E-state index in [1.165, 1.54) is 6.20 Å². The van der Waals surface area contributed by atoms with Crippen LogP contribution in [0.5, 0.6) is 0 Å². The molecule has 164 valence electrons. The van der Waals surface area contributed by atoms with Gasteiger partial charge < -0.3 is 20.1 Å². The fourth-order valence-electron chi connectivity index (χ4n) is 3.27. The number of hydrogen-bond acceptors (Lipinski definition) is 8. The Bertz CT molecular complexity index is 1030. The molecular formula is C19H17F3N4O4S. The van der Waals surface area contributed by atoms with Crippen LogP contribution in [0.3, 0.4) is 0 Å². The molecule has 3 heterocycles. The van der Waals surface area contributed by atoms with E-state index in [9.17, 15) is 28.5 Å². The van der Waals surface area contributed by atoms with Crippen molar-refractivity contribution in [3.05, 3.63) is 60.2 Å². The highest BCUT2D eigenvalue weighted by molar-refractivity contribution is 7.99. The molecule has 0 amide bonds. The Kier molecular flexibility index (Phi) is 6.25. The Morgan fingerprint density at radius 2 is 1.84 bits per heavy atom. The minimum Gasteiger partial charge on any atom is -0.394 e. The number of rotatable bonds is 5. The highest BCUT2D eigenvalue weighted by Crippen LogP contribution is 2.37. The molecule has 2 aromatic heterocycles. The SMILES string of the molecule is OCC1O[C@H](Sc2ccccn2)C(O)[C@@H](n2cc(-c3cc(F)c(F)c(F)c3)nn2)[C@H]1O. The first-order valence-corrected chi connectivity index (χ1v) is 10.0. The van der Waals surface area contributed by atoms with Gasteiger partial charge in [-0.25, -0.2) is 22.8 Å². The summed E-state index contributed by atoms with van der Waals surface area (Å²) in [5.41, 5.74) is -0.983. The summed E-state index contributed by atoms with van der Waals surface area (Å²) >= 11 is 1.09. The summed E-state index contributed by atoms with van der Waals surface area (Å²) in [5.74, 6) is -4.38. The van der Waals surface area contributed by atoms with Gasteiger partial charge in [0.25, 0.3) is 0 Å². The molecule has 1 aliphatic rings. The van der Waals surface area contributed by atoms with Gasteiger partial charge in [-0.3, -0.25) is 0 Å². The van der Waals surface area contributed by atoms with Crippen molar-refractivity contribution >= 4 is 11.8 Å². The molecule has 1 saturated heterocycles. The molecule has 3 aromatic rings. The molecule has 31 heavy (non-hydrogen) atoms. The van der Waals surface area contributed by atoms with Crippen LogP contribution in [0.1, 0.15) is 6.04 Å². The number of halogens is 3. The molecule has 1 aliphatic heterocycles. The van der Waals surface area contributed by atoms with Crippen LogP contribution in [0, 0.1) is 17.5 Å². The standard InChI is InChI=1S/C19H17F3N4O4S/c20-10-5-9(6-11(21)15(10)22)12-7-26(25-24-12)16-17(28)13(8-27)30-19(18(16)29)31-14-3-1-2-4-23-14/h1-7,13,16-19,27-29H,8H2/t13?,16-,17-,18?,19+/m0/s1. The smallest absolute Gasteiger partial charge is 0.194 e. The lowest BCUT2D eigenvalue weighted by Crippen LogP contribution is -2.55. The molecular weight excluding hydrogens is 437 g/mol. The van der Waals surface area contributed by atoms with Gasteiger partial charge in [-0.2, -0.15) is 0 Å². The molecule has 3 N–H and O–H groups in total. The van der Waals surface area contributed by atoms with Crippen molar-refractivity contribution < 1.29 is 33.2 Å². The average Bonchev–Trinajstić information content (AvgIpc) is 3.24. The molecule has 0 spiro atoms. The summed E-state index contributed by atoms with van der Waals surface area (Å²) in [7, 11) is 0. The van der Waals surface area contributed by atoms with Gasteiger partial charge in [0, 0.05) is 11.8 Å². The number of aromatic nitrogens is 4. The summed E-state index contributed by atoms with van der Waals surface area (Å²) in [5, 5.41) is 39.3. The summed E-state index contributed by atoms with van der Waals surface area (Å²) in [6, 6.07) is 5.62. The molecule has 1 fully saturated rings. The zero-order valence-electron chi connectivity index (χ0n) is 15.7. The maximum atomic E-state index is 13.6. The maximum Gasteiger partial charge on any atom is 0.194 e. The second-order valence-corrected chi connectivity index (χ2v) is 7.94. The minimum atomic E-state index is -1.61. The molecule has 2 unspecified atom stereocenters. The van der Waals surface area contributed by atoms with Crippen molar-refractivity contribution in [1.29, 1.82) is 0 Å². The molecule has 1 aromatic carbocycles. The van der Waals surface area contributed by atoms with Gasteiger partial charge in [0.15, 0.2) is 17.5 Å². The Hall–Kier alpha value is -2.51. The lowest BCUT2D eigenvalue weighted by atomic mass is 9.97. The summed E-state index contributed by atoms with van der Waals surface area (Å²) < 4.78 is 47.1. The fourth-order valence-corrected chi connectivity index (χ4v) is 4.29. The van der Waals surface area contributed by atoms with Gasteiger partial charge in [0.05, 0.1) is 17.8 Å². The number of pyridine rings is 1. The lowest BCUT2D eigenvalue weighted by molar-refractivity contribution is -0.178. The van der Waals surface area contributed by atoms with E-state index in [4.69, 9.17) is 4.74 Å². The van der Waals surface area contributed by atoms with Gasteiger partial charge in [-0.15, -0.1) is 5.10 Å². The molecule has 0 saturated carbocycles. The average molecular weight is 454 g/mol. The molecule has 4 rings (SSSR count). The summed E-state index contributed by atoms with van der Waals surface area (Å²) in [4.78, 5) is 4.15. The molecule has 8 nitrogen and oxygen atoms in total. The predicted molar refractivity (Wildman–Crippen MR) is 102 cm³/mol. The molecule has 0 bridgehead atoms. The monoisotopic (exact) mass is 454 g/mol. The zero-order valence-corrected chi connectivity index (χ0v) is 16.5. The normalized spacial score (nSPS) is 26.2. The Morgan fingerprint density at radius 3 is 2.48 bits per heavy atom. The topological polar surface area (TPSA) is 114 Å². The number of aliphatic hydroxyl groups excluding tert-OH is 3. The van der Waals surface area contributed by atoms with Crippen LogP contribution in [0.2, 0.25) is 0 Å². The molecule has 5 atom stereocenters. The summed E-state index contributed by atoms with van der Waals surface area (Å²) in [6.07, 6.45) is -0.885. The second kappa shape index (κ2) is 8.93. The van der Waals surface area contributed by atoms with E-state index in [1.807, 2.05) is 0 Å². The first kappa shape index (κ1) is 21.7. The van der Waals surface area contributed by atoms with Crippen molar-refractivity contribution in [1.82, 2.24) is 20.0 Å². The van der Waals surface area contributed by atoms with Crippen LogP contribution < -0.4 is 0 Å². The van der Waals surface area contributed by atoms with E-state index < -0.39 is 53.8 Å². The quantitative estimate of drug-likeness (QED) is 0.498. The largest absolute Gasteiger partial charge is 0.394 e. The van der Waals surface area contributed by atoms with Gasteiger partial charge in [-0.1, -0.05) is 23.0 Å². The van der Waals surface area contributed by atoms with Crippen LogP contribution >= 0.6 is 11.8 Å². The third-order valence-electron chi connectivity index (χ3n) is 4.82. The van der Waals surface area contributed by atoms with Crippen LogP contribution in [0.15, 0.2) is 47.8 Å². The molecule has 0 aliphatic carbocycles. The number of aliphatic hydroxyl groups is 3. The van der Waals surface area contributed by atoms with E-state index in [0.29, 0.717) is 5.03 Å². The second-order valence-electron chi connectivity index (χ2n) is 6.82. The third kappa shape index (κ3) is 4.29. The predicted octanol–water partition coefficient (Wildman–Crippen LogP) is 1.53. The fraction of sp³-hybridized carbons (Fsp3) is 0.316. The van der Waals surface area contributed by atoms with Gasteiger partial charge in [0.1, 0.15) is 35.5 Å². The van der Waals surface area contributed by atoms with Gasteiger partial charge in [-0.05, 0) is 24.3 Å². The van der Waals surface area contributed by atoms with E-state index in [0.717, 1.165) is 28.6 Å². The minimum absolute atomic E-state index is 0.00169. The number of nitrogens with zero attached hydrogens (tertiary/aromatic N) is 4. The van der Waals surface area contributed by atoms with Gasteiger partial charge >= 0.3 is 0 Å². The highest BCUT2D eigenvalue weighted by atomic mass is 32.2. The lowest BCUT2D eigenvalue weighted by Gasteiger charge is -2.41. The van der Waals surface area contributed by atoms with Crippen LogP contribution in [-0.4, -0.2) is 65.7 Å². The van der Waals surface area contributed by atoms with Gasteiger partial charge in [0.2, 0.25) is 0 Å². The maximum absolute atomic E-state index is 13.6.